The molecule has 0 aliphatic heterocycles. The minimum Gasteiger partial charge on any atom is -0.481 e. The lowest BCUT2D eigenvalue weighted by atomic mass is 10.1. The number of benzene rings is 2. The summed E-state index contributed by atoms with van der Waals surface area (Å²) in [4.78, 5) is 23.1. The number of hydrogen-bond acceptors (Lipinski definition) is 4. The van der Waals surface area contributed by atoms with E-state index in [0.29, 0.717) is 30.2 Å². The Balaban J connectivity index is 0.00000151. The summed E-state index contributed by atoms with van der Waals surface area (Å²) < 4.78 is 5.83. The van der Waals surface area contributed by atoms with Gasteiger partial charge >= 0.3 is 5.97 Å². The van der Waals surface area contributed by atoms with Crippen molar-refractivity contribution in [2.24, 2.45) is 0 Å². The van der Waals surface area contributed by atoms with Gasteiger partial charge in [0.25, 0.3) is 5.91 Å². The number of carboxylic acid groups (broad SMARTS) is 1. The van der Waals surface area contributed by atoms with Crippen molar-refractivity contribution in [2.45, 2.75) is 52.6 Å². The van der Waals surface area contributed by atoms with Crippen molar-refractivity contribution in [1.29, 1.82) is 0 Å². The number of carbonyl (C=O) groups is 2. The van der Waals surface area contributed by atoms with Gasteiger partial charge in [0.1, 0.15) is 5.75 Å². The maximum atomic E-state index is 12.5. The number of rotatable bonds is 9. The molecule has 0 fully saturated rings. The number of amides is 1. The molecule has 170 valence electrons. The van der Waals surface area contributed by atoms with Crippen molar-refractivity contribution < 1.29 is 24.5 Å². The molecule has 3 N–H and O–H groups in total. The van der Waals surface area contributed by atoms with Crippen LogP contribution in [0.15, 0.2) is 42.5 Å². The second kappa shape index (κ2) is 13.0. The second-order valence-corrected chi connectivity index (χ2v) is 7.97. The standard InChI is InChI=1S/C22H26ClNO4.C2H6O/c1-15-4-8-17(19(23)14-15)12-13-24-21(27)22(2,3)28-18-9-5-16(6-10-18)7-11-20(25)26;1-2-3/h4-6,8-10,14H,7,11-13H2,1-3H3,(H,24,27)(H,25,26);3H,2H2,1H3. The molecule has 0 unspecified atom stereocenters. The predicted molar refractivity (Wildman–Crippen MR) is 123 cm³/mol. The van der Waals surface area contributed by atoms with Gasteiger partial charge in [-0.15, -0.1) is 0 Å². The van der Waals surface area contributed by atoms with Gasteiger partial charge in [-0.2, -0.15) is 0 Å². The lowest BCUT2D eigenvalue weighted by Gasteiger charge is -2.25. The molecule has 2 aromatic rings. The predicted octanol–water partition coefficient (Wildman–Crippen LogP) is 4.18. The Morgan fingerprint density at radius 1 is 1.10 bits per heavy atom. The molecular formula is C24H32ClNO5. The Kier molecular flexibility index (Phi) is 11.1. The number of halogens is 1. The fourth-order valence-corrected chi connectivity index (χ4v) is 3.02. The van der Waals surface area contributed by atoms with E-state index >= 15 is 0 Å². The van der Waals surface area contributed by atoms with Crippen LogP contribution in [0.1, 0.15) is 43.9 Å². The minimum atomic E-state index is -1.04. The molecule has 2 rings (SSSR count). The minimum absolute atomic E-state index is 0.0824. The van der Waals surface area contributed by atoms with Gasteiger partial charge in [0.2, 0.25) is 0 Å². The van der Waals surface area contributed by atoms with Gasteiger partial charge in [0, 0.05) is 24.6 Å². The molecule has 0 saturated heterocycles. The Morgan fingerprint density at radius 3 is 2.26 bits per heavy atom. The molecule has 0 aliphatic carbocycles. The van der Waals surface area contributed by atoms with E-state index in [1.807, 2.05) is 37.3 Å². The molecule has 7 heteroatoms. The first-order valence-corrected chi connectivity index (χ1v) is 10.6. The van der Waals surface area contributed by atoms with Crippen LogP contribution in [0.3, 0.4) is 0 Å². The molecule has 0 atom stereocenters. The summed E-state index contributed by atoms with van der Waals surface area (Å²) in [5, 5.41) is 19.9. The third-order valence-corrected chi connectivity index (χ3v) is 4.71. The number of aryl methyl sites for hydroxylation is 2. The van der Waals surface area contributed by atoms with Gasteiger partial charge in [-0.1, -0.05) is 35.9 Å². The van der Waals surface area contributed by atoms with Crippen LogP contribution in [-0.2, 0) is 22.4 Å². The Morgan fingerprint density at radius 2 is 1.71 bits per heavy atom. The zero-order chi connectivity index (χ0) is 23.4. The summed E-state index contributed by atoms with van der Waals surface area (Å²) in [5.41, 5.74) is 1.95. The van der Waals surface area contributed by atoms with E-state index in [2.05, 4.69) is 5.32 Å². The first-order valence-electron chi connectivity index (χ1n) is 10.2. The lowest BCUT2D eigenvalue weighted by molar-refractivity contribution is -0.137. The number of nitrogens with one attached hydrogen (secondary N) is 1. The summed E-state index contributed by atoms with van der Waals surface area (Å²) in [6, 6.07) is 13.0. The highest BCUT2D eigenvalue weighted by Gasteiger charge is 2.29. The first-order chi connectivity index (χ1) is 14.6. The van der Waals surface area contributed by atoms with Gasteiger partial charge in [-0.3, -0.25) is 9.59 Å². The SMILES string of the molecule is CCO.Cc1ccc(CCNC(=O)C(C)(C)Oc2ccc(CCC(=O)O)cc2)c(Cl)c1. The van der Waals surface area contributed by atoms with E-state index in [4.69, 9.17) is 26.6 Å². The highest BCUT2D eigenvalue weighted by Crippen LogP contribution is 2.21. The second-order valence-electron chi connectivity index (χ2n) is 7.57. The largest absolute Gasteiger partial charge is 0.481 e. The van der Waals surface area contributed by atoms with Crippen molar-refractivity contribution in [1.82, 2.24) is 5.32 Å². The van der Waals surface area contributed by atoms with E-state index in [1.54, 1.807) is 32.9 Å². The van der Waals surface area contributed by atoms with E-state index < -0.39 is 11.6 Å². The molecule has 2 aromatic carbocycles. The van der Waals surface area contributed by atoms with Crippen molar-refractivity contribution in [3.05, 3.63) is 64.2 Å². The van der Waals surface area contributed by atoms with E-state index in [1.165, 1.54) is 0 Å². The summed E-state index contributed by atoms with van der Waals surface area (Å²) in [7, 11) is 0. The van der Waals surface area contributed by atoms with Crippen LogP contribution in [-0.4, -0.2) is 40.8 Å². The third kappa shape index (κ3) is 9.85. The van der Waals surface area contributed by atoms with E-state index in [0.717, 1.165) is 16.7 Å². The molecule has 0 aliphatic rings. The number of ether oxygens (including phenoxy) is 1. The Hall–Kier alpha value is -2.57. The zero-order valence-corrected chi connectivity index (χ0v) is 19.3. The van der Waals surface area contributed by atoms with Crippen molar-refractivity contribution in [2.75, 3.05) is 13.2 Å². The van der Waals surface area contributed by atoms with E-state index in [9.17, 15) is 9.59 Å². The molecule has 0 radical (unpaired) electrons. The molecule has 31 heavy (non-hydrogen) atoms. The molecule has 0 bridgehead atoms. The summed E-state index contributed by atoms with van der Waals surface area (Å²) in [5.74, 6) is -0.489. The Bertz CT molecular complexity index is 850. The Labute approximate surface area is 189 Å². The smallest absolute Gasteiger partial charge is 0.303 e. The summed E-state index contributed by atoms with van der Waals surface area (Å²) in [6.07, 6.45) is 1.18. The number of carboxylic acids is 1. The molecule has 0 aromatic heterocycles. The van der Waals surface area contributed by atoms with Gasteiger partial charge in [0.15, 0.2) is 5.60 Å². The number of aliphatic carboxylic acids is 1. The quantitative estimate of drug-likeness (QED) is 0.533. The van der Waals surface area contributed by atoms with Crippen LogP contribution in [0.5, 0.6) is 5.75 Å². The third-order valence-electron chi connectivity index (χ3n) is 4.36. The number of carbonyl (C=O) groups excluding carboxylic acids is 1. The maximum absolute atomic E-state index is 12.5. The first kappa shape index (κ1) is 26.5. The lowest BCUT2D eigenvalue weighted by Crippen LogP contribution is -2.47. The topological polar surface area (TPSA) is 95.9 Å². The summed E-state index contributed by atoms with van der Waals surface area (Å²) in [6.45, 7) is 7.79. The van der Waals surface area contributed by atoms with Crippen LogP contribution in [0.4, 0.5) is 0 Å². The van der Waals surface area contributed by atoms with Crippen LogP contribution in [0, 0.1) is 6.92 Å². The monoisotopic (exact) mass is 449 g/mol. The van der Waals surface area contributed by atoms with Crippen LogP contribution in [0.25, 0.3) is 0 Å². The summed E-state index contributed by atoms with van der Waals surface area (Å²) >= 11 is 6.22. The van der Waals surface area contributed by atoms with Crippen LogP contribution in [0.2, 0.25) is 5.02 Å². The average molecular weight is 450 g/mol. The molecule has 1 amide bonds. The molecule has 0 saturated carbocycles. The van der Waals surface area contributed by atoms with Gasteiger partial charge < -0.3 is 20.3 Å². The maximum Gasteiger partial charge on any atom is 0.303 e. The van der Waals surface area contributed by atoms with Crippen molar-refractivity contribution in [3.8, 4) is 5.75 Å². The average Bonchev–Trinajstić information content (AvgIpc) is 2.69. The molecule has 0 heterocycles. The number of hydrogen-bond donors (Lipinski definition) is 3. The highest BCUT2D eigenvalue weighted by molar-refractivity contribution is 6.31. The van der Waals surface area contributed by atoms with Crippen molar-refractivity contribution in [3.63, 3.8) is 0 Å². The van der Waals surface area contributed by atoms with Crippen molar-refractivity contribution >= 4 is 23.5 Å². The fraction of sp³-hybridized carbons (Fsp3) is 0.417. The molecular weight excluding hydrogens is 418 g/mol. The molecule has 0 spiro atoms. The molecule has 6 nitrogen and oxygen atoms in total. The van der Waals surface area contributed by atoms with Gasteiger partial charge in [-0.25, -0.2) is 0 Å². The number of aliphatic hydroxyl groups is 1. The van der Waals surface area contributed by atoms with Crippen LogP contribution >= 0.6 is 11.6 Å². The van der Waals surface area contributed by atoms with E-state index in [-0.39, 0.29) is 18.9 Å². The number of aliphatic hydroxyl groups excluding tert-OH is 1. The highest BCUT2D eigenvalue weighted by atomic mass is 35.5. The van der Waals surface area contributed by atoms with Crippen LogP contribution < -0.4 is 10.1 Å². The fourth-order valence-electron chi connectivity index (χ4n) is 2.70. The normalized spacial score (nSPS) is 10.6. The van der Waals surface area contributed by atoms with Gasteiger partial charge in [0.05, 0.1) is 0 Å². The van der Waals surface area contributed by atoms with Gasteiger partial charge in [-0.05, 0) is 75.4 Å². The zero-order valence-electron chi connectivity index (χ0n) is 18.6.